The number of nitro groups is 1. The van der Waals surface area contributed by atoms with Gasteiger partial charge in [0.2, 0.25) is 6.54 Å². The van der Waals surface area contributed by atoms with Gasteiger partial charge in [-0.1, -0.05) is 53.5 Å². The SMILES string of the molecule is COc1cc([C@@H](C[N+](=O)[O-])c2c[nH]c3ccccc23)ccc1OCc1ccc(Cl)cc1Cl. The third-order valence-electron chi connectivity index (χ3n) is 5.32. The molecule has 3 aromatic carbocycles. The van der Waals surface area contributed by atoms with Crippen LogP contribution in [-0.2, 0) is 6.61 Å². The standard InChI is InChI=1S/C24H20Cl2N2O4/c1-31-24-10-15(7-9-23(24)32-14-16-6-8-17(25)11-21(16)26)20(13-28(29)30)19-12-27-22-5-3-2-4-18(19)22/h2-12,20,27H,13-14H2,1H3/t20-/m1/s1. The van der Waals surface area contributed by atoms with Crippen LogP contribution in [0.2, 0.25) is 10.0 Å². The van der Waals surface area contributed by atoms with Gasteiger partial charge in [-0.25, -0.2) is 0 Å². The van der Waals surface area contributed by atoms with Gasteiger partial charge in [-0.15, -0.1) is 0 Å². The molecule has 1 aromatic heterocycles. The van der Waals surface area contributed by atoms with Crippen LogP contribution in [-0.4, -0.2) is 23.6 Å². The smallest absolute Gasteiger partial charge is 0.214 e. The van der Waals surface area contributed by atoms with Crippen LogP contribution >= 0.6 is 23.2 Å². The minimum atomic E-state index is -0.449. The number of nitrogens with zero attached hydrogens (tertiary/aromatic N) is 1. The van der Waals surface area contributed by atoms with Crippen LogP contribution in [0.25, 0.3) is 10.9 Å². The zero-order chi connectivity index (χ0) is 22.7. The molecule has 0 aliphatic rings. The number of hydrogen-bond donors (Lipinski definition) is 1. The third kappa shape index (κ3) is 4.66. The molecule has 1 heterocycles. The molecule has 32 heavy (non-hydrogen) atoms. The highest BCUT2D eigenvalue weighted by molar-refractivity contribution is 6.35. The molecule has 1 atom stereocenters. The summed E-state index contributed by atoms with van der Waals surface area (Å²) in [5.41, 5.74) is 3.34. The molecule has 0 saturated heterocycles. The van der Waals surface area contributed by atoms with Gasteiger partial charge < -0.3 is 14.5 Å². The van der Waals surface area contributed by atoms with E-state index in [-0.39, 0.29) is 18.1 Å². The molecule has 0 unspecified atom stereocenters. The second kappa shape index (κ2) is 9.51. The summed E-state index contributed by atoms with van der Waals surface area (Å²) in [4.78, 5) is 14.4. The molecule has 0 saturated carbocycles. The lowest BCUT2D eigenvalue weighted by molar-refractivity contribution is -0.481. The summed E-state index contributed by atoms with van der Waals surface area (Å²) in [6.07, 6.45) is 1.83. The van der Waals surface area contributed by atoms with Gasteiger partial charge in [-0.05, 0) is 41.5 Å². The van der Waals surface area contributed by atoms with E-state index in [0.717, 1.165) is 27.6 Å². The summed E-state index contributed by atoms with van der Waals surface area (Å²) in [6.45, 7) is -0.0158. The van der Waals surface area contributed by atoms with Crippen molar-refractivity contribution in [2.45, 2.75) is 12.5 Å². The number of benzene rings is 3. The number of para-hydroxylation sites is 1. The van der Waals surface area contributed by atoms with E-state index >= 15 is 0 Å². The topological polar surface area (TPSA) is 77.4 Å². The number of aromatic nitrogens is 1. The molecule has 0 aliphatic carbocycles. The molecule has 4 aromatic rings. The number of methoxy groups -OCH3 is 1. The van der Waals surface area contributed by atoms with Gasteiger partial charge in [0.15, 0.2) is 11.5 Å². The van der Waals surface area contributed by atoms with E-state index in [0.29, 0.717) is 21.5 Å². The maximum Gasteiger partial charge on any atom is 0.214 e. The summed E-state index contributed by atoms with van der Waals surface area (Å²) in [7, 11) is 1.54. The van der Waals surface area contributed by atoms with Gasteiger partial charge in [0.25, 0.3) is 0 Å². The summed E-state index contributed by atoms with van der Waals surface area (Å²) in [5, 5.41) is 13.5. The first-order valence-electron chi connectivity index (χ1n) is 9.88. The van der Waals surface area contributed by atoms with E-state index in [2.05, 4.69) is 4.98 Å². The molecule has 4 rings (SSSR count). The molecule has 1 N–H and O–H groups in total. The highest BCUT2D eigenvalue weighted by Gasteiger charge is 2.24. The van der Waals surface area contributed by atoms with Crippen molar-refractivity contribution in [1.82, 2.24) is 4.98 Å². The quantitative estimate of drug-likeness (QED) is 0.236. The molecule has 0 fully saturated rings. The lowest BCUT2D eigenvalue weighted by atomic mass is 9.90. The zero-order valence-electron chi connectivity index (χ0n) is 17.2. The molecule has 0 amide bonds. The van der Waals surface area contributed by atoms with Gasteiger partial charge >= 0.3 is 0 Å². The highest BCUT2D eigenvalue weighted by atomic mass is 35.5. The second-order valence-corrected chi connectivity index (χ2v) is 8.14. The minimum Gasteiger partial charge on any atom is -0.493 e. The minimum absolute atomic E-state index is 0.229. The largest absolute Gasteiger partial charge is 0.493 e. The molecular weight excluding hydrogens is 451 g/mol. The van der Waals surface area contributed by atoms with E-state index in [4.69, 9.17) is 32.7 Å². The Morgan fingerprint density at radius 1 is 1.06 bits per heavy atom. The predicted molar refractivity (Wildman–Crippen MR) is 126 cm³/mol. The van der Waals surface area contributed by atoms with Gasteiger partial charge in [0, 0.05) is 37.6 Å². The molecule has 164 valence electrons. The number of nitrogens with one attached hydrogen (secondary N) is 1. The Kier molecular flexibility index (Phi) is 6.53. The Labute approximate surface area is 194 Å². The van der Waals surface area contributed by atoms with E-state index < -0.39 is 5.92 Å². The van der Waals surface area contributed by atoms with Crippen molar-refractivity contribution < 1.29 is 14.4 Å². The predicted octanol–water partition coefficient (Wildman–Crippen LogP) is 6.47. The first-order valence-corrected chi connectivity index (χ1v) is 10.6. The van der Waals surface area contributed by atoms with Crippen LogP contribution in [0, 0.1) is 10.1 Å². The summed E-state index contributed by atoms with van der Waals surface area (Å²) < 4.78 is 11.4. The van der Waals surface area contributed by atoms with Crippen molar-refractivity contribution in [2.24, 2.45) is 0 Å². The van der Waals surface area contributed by atoms with Crippen LogP contribution < -0.4 is 9.47 Å². The molecule has 6 nitrogen and oxygen atoms in total. The van der Waals surface area contributed by atoms with Crippen LogP contribution in [0.1, 0.15) is 22.6 Å². The van der Waals surface area contributed by atoms with E-state index in [1.54, 1.807) is 30.3 Å². The first-order chi connectivity index (χ1) is 15.5. The highest BCUT2D eigenvalue weighted by Crippen LogP contribution is 2.36. The molecular formula is C24H20Cl2N2O4. The lowest BCUT2D eigenvalue weighted by Crippen LogP contribution is -2.14. The van der Waals surface area contributed by atoms with Crippen LogP contribution in [0.3, 0.4) is 0 Å². The summed E-state index contributed by atoms with van der Waals surface area (Å²) >= 11 is 12.2. The fraction of sp³-hybridized carbons (Fsp3) is 0.167. The van der Waals surface area contributed by atoms with Crippen LogP contribution in [0.15, 0.2) is 66.9 Å². The average molecular weight is 471 g/mol. The maximum atomic E-state index is 11.5. The second-order valence-electron chi connectivity index (χ2n) is 7.29. The normalized spacial score (nSPS) is 12.0. The van der Waals surface area contributed by atoms with Gasteiger partial charge in [0.05, 0.1) is 13.0 Å². The van der Waals surface area contributed by atoms with Gasteiger partial charge in [0.1, 0.15) is 6.61 Å². The maximum absolute atomic E-state index is 11.5. The van der Waals surface area contributed by atoms with Crippen LogP contribution in [0.4, 0.5) is 0 Å². The molecule has 0 aliphatic heterocycles. The Morgan fingerprint density at radius 2 is 1.88 bits per heavy atom. The number of H-pyrrole nitrogens is 1. The Balaban J connectivity index is 1.65. The molecule has 8 heteroatoms. The number of aromatic amines is 1. The Bertz CT molecular complexity index is 1270. The van der Waals surface area contributed by atoms with E-state index in [1.807, 2.05) is 36.5 Å². The van der Waals surface area contributed by atoms with Crippen LogP contribution in [0.5, 0.6) is 11.5 Å². The first kappa shape index (κ1) is 22.0. The number of fused-ring (bicyclic) bond motifs is 1. The van der Waals surface area contributed by atoms with Crippen molar-refractivity contribution in [3.63, 3.8) is 0 Å². The van der Waals surface area contributed by atoms with Crippen molar-refractivity contribution in [1.29, 1.82) is 0 Å². The van der Waals surface area contributed by atoms with E-state index in [9.17, 15) is 10.1 Å². The van der Waals surface area contributed by atoms with Crippen molar-refractivity contribution in [3.05, 3.63) is 104 Å². The number of ether oxygens (including phenoxy) is 2. The fourth-order valence-electron chi connectivity index (χ4n) is 3.73. The summed E-state index contributed by atoms with van der Waals surface area (Å²) in [6, 6.07) is 18.3. The zero-order valence-corrected chi connectivity index (χ0v) is 18.7. The van der Waals surface area contributed by atoms with Gasteiger partial charge in [-0.2, -0.15) is 0 Å². The van der Waals surface area contributed by atoms with E-state index in [1.165, 1.54) is 7.11 Å². The Hall–Kier alpha value is -3.22. The van der Waals surface area contributed by atoms with Crippen molar-refractivity contribution >= 4 is 34.1 Å². The summed E-state index contributed by atoms with van der Waals surface area (Å²) in [5.74, 6) is 0.552. The lowest BCUT2D eigenvalue weighted by Gasteiger charge is -2.17. The van der Waals surface area contributed by atoms with Crippen molar-refractivity contribution in [3.8, 4) is 11.5 Å². The number of rotatable bonds is 8. The number of hydrogen-bond acceptors (Lipinski definition) is 4. The monoisotopic (exact) mass is 470 g/mol. The molecule has 0 radical (unpaired) electrons. The number of halogens is 2. The molecule has 0 bridgehead atoms. The fourth-order valence-corrected chi connectivity index (χ4v) is 4.19. The van der Waals surface area contributed by atoms with Crippen molar-refractivity contribution in [2.75, 3.05) is 13.7 Å². The Morgan fingerprint density at radius 3 is 2.62 bits per heavy atom. The third-order valence-corrected chi connectivity index (χ3v) is 5.90. The molecule has 0 spiro atoms. The average Bonchev–Trinajstić information content (AvgIpc) is 3.21. The van der Waals surface area contributed by atoms with Gasteiger partial charge in [-0.3, -0.25) is 10.1 Å².